The van der Waals surface area contributed by atoms with Gasteiger partial charge in [-0.25, -0.2) is 9.59 Å². The first-order chi connectivity index (χ1) is 10.2. The Labute approximate surface area is 119 Å². The highest BCUT2D eigenvalue weighted by Crippen LogP contribution is 2.11. The van der Waals surface area contributed by atoms with Crippen LogP contribution < -0.4 is 11.4 Å². The van der Waals surface area contributed by atoms with Crippen LogP contribution >= 0.6 is 0 Å². The van der Waals surface area contributed by atoms with Gasteiger partial charge in [0.05, 0.1) is 29.1 Å². The van der Waals surface area contributed by atoms with Gasteiger partial charge in [-0.1, -0.05) is 24.3 Å². The molecule has 0 amide bonds. The van der Waals surface area contributed by atoms with Gasteiger partial charge in [0.1, 0.15) is 0 Å². The molecule has 21 heavy (non-hydrogen) atoms. The van der Waals surface area contributed by atoms with Crippen molar-refractivity contribution in [1.29, 1.82) is 5.26 Å². The van der Waals surface area contributed by atoms with Crippen molar-refractivity contribution in [3.05, 3.63) is 80.6 Å². The number of fused-ring (bicyclic) bond motifs is 1. The van der Waals surface area contributed by atoms with E-state index in [9.17, 15) is 9.59 Å². The molecule has 0 radical (unpaired) electrons. The molecule has 102 valence electrons. The molecule has 0 atom stereocenters. The molecule has 0 spiro atoms. The van der Waals surface area contributed by atoms with Gasteiger partial charge in [0.2, 0.25) is 0 Å². The predicted octanol–water partition coefficient (Wildman–Crippen LogP) is 1.87. The molecular weight excluding hydrogens is 268 g/mol. The summed E-state index contributed by atoms with van der Waals surface area (Å²) in [5, 5.41) is 9.27. The number of rotatable bonds is 2. The van der Waals surface area contributed by atoms with Crippen LogP contribution in [0, 0.1) is 11.3 Å². The molecule has 0 unspecified atom stereocenters. The molecule has 0 saturated carbocycles. The fraction of sp³-hybridized carbons (Fsp3) is 0.0625. The van der Waals surface area contributed by atoms with Gasteiger partial charge in [-0.2, -0.15) is 5.26 Å². The minimum absolute atomic E-state index is 0.235. The standard InChI is InChI=1S/C16H10N2O3/c17-9-11-4-3-5-12(8-11)10-18-14-7-2-1-6-13(14)15(19)21-16(18)20/h1-8H,10H2. The van der Waals surface area contributed by atoms with Crippen molar-refractivity contribution in [3.8, 4) is 6.07 Å². The first-order valence-electron chi connectivity index (χ1n) is 6.31. The first-order valence-corrected chi connectivity index (χ1v) is 6.31. The van der Waals surface area contributed by atoms with Crippen molar-refractivity contribution in [2.75, 3.05) is 0 Å². The maximum Gasteiger partial charge on any atom is 0.422 e. The quantitative estimate of drug-likeness (QED) is 0.717. The summed E-state index contributed by atoms with van der Waals surface area (Å²) in [4.78, 5) is 23.6. The summed E-state index contributed by atoms with van der Waals surface area (Å²) in [6.07, 6.45) is 0. The van der Waals surface area contributed by atoms with Gasteiger partial charge in [0, 0.05) is 0 Å². The molecule has 0 aliphatic rings. The molecule has 0 bridgehead atoms. The Kier molecular flexibility index (Phi) is 3.13. The Balaban J connectivity index is 2.19. The second-order valence-corrected chi connectivity index (χ2v) is 4.57. The second-order valence-electron chi connectivity index (χ2n) is 4.57. The van der Waals surface area contributed by atoms with Gasteiger partial charge in [0.25, 0.3) is 0 Å². The third kappa shape index (κ3) is 2.35. The van der Waals surface area contributed by atoms with Crippen molar-refractivity contribution in [1.82, 2.24) is 4.57 Å². The molecule has 0 aliphatic carbocycles. The summed E-state index contributed by atoms with van der Waals surface area (Å²) >= 11 is 0. The van der Waals surface area contributed by atoms with E-state index < -0.39 is 11.4 Å². The average molecular weight is 278 g/mol. The van der Waals surface area contributed by atoms with E-state index in [1.807, 2.05) is 6.07 Å². The van der Waals surface area contributed by atoms with Crippen LogP contribution in [-0.2, 0) is 6.54 Å². The van der Waals surface area contributed by atoms with Crippen molar-refractivity contribution in [2.24, 2.45) is 0 Å². The van der Waals surface area contributed by atoms with E-state index >= 15 is 0 Å². The highest BCUT2D eigenvalue weighted by molar-refractivity contribution is 5.77. The van der Waals surface area contributed by atoms with E-state index in [1.54, 1.807) is 42.5 Å². The van der Waals surface area contributed by atoms with Crippen molar-refractivity contribution >= 4 is 10.9 Å². The van der Waals surface area contributed by atoms with Crippen molar-refractivity contribution in [3.63, 3.8) is 0 Å². The monoisotopic (exact) mass is 278 g/mol. The zero-order chi connectivity index (χ0) is 14.8. The third-order valence-corrected chi connectivity index (χ3v) is 3.21. The summed E-state index contributed by atoms with van der Waals surface area (Å²) in [6.45, 7) is 0.235. The molecule has 0 aliphatic heterocycles. The Morgan fingerprint density at radius 1 is 1.10 bits per heavy atom. The van der Waals surface area contributed by atoms with Crippen LogP contribution in [0.3, 0.4) is 0 Å². The molecule has 2 aromatic carbocycles. The summed E-state index contributed by atoms with van der Waals surface area (Å²) in [7, 11) is 0. The summed E-state index contributed by atoms with van der Waals surface area (Å²) < 4.78 is 6.12. The predicted molar refractivity (Wildman–Crippen MR) is 77.0 cm³/mol. The maximum atomic E-state index is 11.9. The van der Waals surface area contributed by atoms with Gasteiger partial charge < -0.3 is 4.42 Å². The van der Waals surface area contributed by atoms with Gasteiger partial charge in [0.15, 0.2) is 0 Å². The summed E-state index contributed by atoms with van der Waals surface area (Å²) in [5.74, 6) is -0.707. The van der Waals surface area contributed by atoms with Crippen LogP contribution in [0.1, 0.15) is 11.1 Å². The molecule has 3 aromatic rings. The first kappa shape index (κ1) is 12.9. The Morgan fingerprint density at radius 2 is 1.90 bits per heavy atom. The largest absolute Gasteiger partial charge is 0.422 e. The fourth-order valence-electron chi connectivity index (χ4n) is 2.24. The zero-order valence-corrected chi connectivity index (χ0v) is 10.9. The maximum absolute atomic E-state index is 11.9. The fourth-order valence-corrected chi connectivity index (χ4v) is 2.24. The molecule has 0 saturated heterocycles. The van der Waals surface area contributed by atoms with Crippen LogP contribution in [-0.4, -0.2) is 4.57 Å². The lowest BCUT2D eigenvalue weighted by Gasteiger charge is -2.08. The topological polar surface area (TPSA) is 76.0 Å². The number of nitriles is 1. The van der Waals surface area contributed by atoms with Crippen molar-refractivity contribution < 1.29 is 4.42 Å². The molecule has 5 nitrogen and oxygen atoms in total. The molecule has 5 heteroatoms. The molecule has 0 fully saturated rings. The van der Waals surface area contributed by atoms with E-state index in [4.69, 9.17) is 9.68 Å². The van der Waals surface area contributed by atoms with Crippen LogP contribution in [0.5, 0.6) is 0 Å². The number of benzene rings is 2. The lowest BCUT2D eigenvalue weighted by atomic mass is 10.1. The highest BCUT2D eigenvalue weighted by atomic mass is 16.4. The molecule has 1 heterocycles. The lowest BCUT2D eigenvalue weighted by molar-refractivity contribution is 0.425. The number of aromatic nitrogens is 1. The molecular formula is C16H10N2O3. The van der Waals surface area contributed by atoms with Crippen LogP contribution in [0.25, 0.3) is 10.9 Å². The van der Waals surface area contributed by atoms with E-state index in [2.05, 4.69) is 6.07 Å². The van der Waals surface area contributed by atoms with Crippen LogP contribution in [0.4, 0.5) is 0 Å². The molecule has 1 aromatic heterocycles. The summed E-state index contributed by atoms with van der Waals surface area (Å²) in [5.41, 5.74) is 1.18. The zero-order valence-electron chi connectivity index (χ0n) is 10.9. The van der Waals surface area contributed by atoms with Crippen LogP contribution in [0.15, 0.2) is 62.5 Å². The molecule has 3 rings (SSSR count). The Bertz CT molecular complexity index is 977. The van der Waals surface area contributed by atoms with E-state index in [-0.39, 0.29) is 6.54 Å². The SMILES string of the molecule is N#Cc1cccc(Cn2c(=O)oc(=O)c3ccccc32)c1. The van der Waals surface area contributed by atoms with Gasteiger partial charge in [-0.15, -0.1) is 0 Å². The van der Waals surface area contributed by atoms with Gasteiger partial charge in [-0.3, -0.25) is 4.57 Å². The normalized spacial score (nSPS) is 10.4. The number of nitrogens with zero attached hydrogens (tertiary/aromatic N) is 2. The minimum Gasteiger partial charge on any atom is -0.372 e. The summed E-state index contributed by atoms with van der Waals surface area (Å²) in [6, 6.07) is 15.8. The second kappa shape index (κ2) is 5.10. The smallest absolute Gasteiger partial charge is 0.372 e. The third-order valence-electron chi connectivity index (χ3n) is 3.21. The number of hydrogen-bond acceptors (Lipinski definition) is 4. The lowest BCUT2D eigenvalue weighted by Crippen LogP contribution is -2.25. The number of para-hydroxylation sites is 1. The average Bonchev–Trinajstić information content (AvgIpc) is 2.51. The minimum atomic E-state index is -0.707. The van der Waals surface area contributed by atoms with E-state index in [1.165, 1.54) is 4.57 Å². The number of hydrogen-bond donors (Lipinski definition) is 0. The van der Waals surface area contributed by atoms with E-state index in [0.29, 0.717) is 16.5 Å². The Hall–Kier alpha value is -3.13. The van der Waals surface area contributed by atoms with E-state index in [0.717, 1.165) is 5.56 Å². The Morgan fingerprint density at radius 3 is 2.71 bits per heavy atom. The highest BCUT2D eigenvalue weighted by Gasteiger charge is 2.09. The van der Waals surface area contributed by atoms with Gasteiger partial charge >= 0.3 is 11.4 Å². The van der Waals surface area contributed by atoms with Crippen LogP contribution in [0.2, 0.25) is 0 Å². The molecule has 0 N–H and O–H groups in total. The van der Waals surface area contributed by atoms with Gasteiger partial charge in [-0.05, 0) is 29.8 Å². The van der Waals surface area contributed by atoms with Crippen molar-refractivity contribution in [2.45, 2.75) is 6.54 Å².